The molecule has 1 heterocycles. The summed E-state index contributed by atoms with van der Waals surface area (Å²) < 4.78 is 10.3. The van der Waals surface area contributed by atoms with Crippen molar-refractivity contribution >= 4 is 16.9 Å². The summed E-state index contributed by atoms with van der Waals surface area (Å²) in [4.78, 5) is 23.7. The lowest BCUT2D eigenvalue weighted by atomic mass is 10.1. The number of rotatable bonds is 5. The third-order valence-corrected chi connectivity index (χ3v) is 3.00. The smallest absolute Gasteiger partial charge is 0.349 e. The number of ether oxygens (including phenoxy) is 1. The standard InChI is InChI=1S/C15H17NO4/c1-3-4-7-16-14(17)12-9-10-8-11(19-2)5-6-13(10)20-15(12)18/h5-6,8-9H,3-4,7H2,1-2H3,(H,16,17). The monoisotopic (exact) mass is 275 g/mol. The van der Waals surface area contributed by atoms with Gasteiger partial charge in [0.15, 0.2) is 0 Å². The molecule has 0 atom stereocenters. The topological polar surface area (TPSA) is 68.5 Å². The Morgan fingerprint density at radius 3 is 2.85 bits per heavy atom. The van der Waals surface area contributed by atoms with Crippen LogP contribution in [0.1, 0.15) is 30.1 Å². The minimum atomic E-state index is -0.628. The van der Waals surface area contributed by atoms with Crippen LogP contribution in [0.3, 0.4) is 0 Å². The van der Waals surface area contributed by atoms with Crippen molar-refractivity contribution in [3.05, 3.63) is 40.2 Å². The number of nitrogens with one attached hydrogen (secondary N) is 1. The first kappa shape index (κ1) is 14.1. The van der Waals surface area contributed by atoms with Crippen molar-refractivity contribution in [3.8, 4) is 5.75 Å². The Kier molecular flexibility index (Phi) is 4.40. The van der Waals surface area contributed by atoms with E-state index >= 15 is 0 Å². The van der Waals surface area contributed by atoms with E-state index < -0.39 is 11.5 Å². The Morgan fingerprint density at radius 2 is 2.15 bits per heavy atom. The average Bonchev–Trinajstić information content (AvgIpc) is 2.46. The summed E-state index contributed by atoms with van der Waals surface area (Å²) >= 11 is 0. The Morgan fingerprint density at radius 1 is 1.35 bits per heavy atom. The van der Waals surface area contributed by atoms with Gasteiger partial charge in [-0.15, -0.1) is 0 Å². The highest BCUT2D eigenvalue weighted by atomic mass is 16.5. The van der Waals surface area contributed by atoms with E-state index in [1.165, 1.54) is 6.07 Å². The molecular weight excluding hydrogens is 258 g/mol. The molecule has 5 heteroatoms. The van der Waals surface area contributed by atoms with Gasteiger partial charge in [0.1, 0.15) is 16.9 Å². The quantitative estimate of drug-likeness (QED) is 0.671. The van der Waals surface area contributed by atoms with Crippen molar-refractivity contribution in [2.75, 3.05) is 13.7 Å². The molecule has 0 aliphatic rings. The van der Waals surface area contributed by atoms with Crippen molar-refractivity contribution in [1.82, 2.24) is 5.32 Å². The van der Waals surface area contributed by atoms with Crippen molar-refractivity contribution in [1.29, 1.82) is 0 Å². The van der Waals surface area contributed by atoms with Gasteiger partial charge in [-0.3, -0.25) is 4.79 Å². The molecule has 0 unspecified atom stereocenters. The van der Waals surface area contributed by atoms with Crippen LogP contribution in [-0.2, 0) is 0 Å². The number of hydrogen-bond donors (Lipinski definition) is 1. The number of amides is 1. The van der Waals surface area contributed by atoms with Crippen LogP contribution >= 0.6 is 0 Å². The number of unbranched alkanes of at least 4 members (excludes halogenated alkanes) is 1. The normalized spacial score (nSPS) is 10.5. The molecule has 1 N–H and O–H groups in total. The third kappa shape index (κ3) is 2.99. The first-order valence-corrected chi connectivity index (χ1v) is 6.55. The van der Waals surface area contributed by atoms with E-state index in [0.29, 0.717) is 23.3 Å². The van der Waals surface area contributed by atoms with Gasteiger partial charge >= 0.3 is 5.63 Å². The molecule has 0 fully saturated rings. The summed E-state index contributed by atoms with van der Waals surface area (Å²) in [6.07, 6.45) is 1.85. The van der Waals surface area contributed by atoms with Gasteiger partial charge in [0, 0.05) is 11.9 Å². The molecule has 2 rings (SSSR count). The summed E-state index contributed by atoms with van der Waals surface area (Å²) in [6.45, 7) is 2.58. The summed E-state index contributed by atoms with van der Waals surface area (Å²) in [5, 5.41) is 3.36. The van der Waals surface area contributed by atoms with Gasteiger partial charge in [0.25, 0.3) is 5.91 Å². The third-order valence-electron chi connectivity index (χ3n) is 3.00. The van der Waals surface area contributed by atoms with Crippen LogP contribution in [0.15, 0.2) is 33.5 Å². The zero-order valence-electron chi connectivity index (χ0n) is 11.6. The molecule has 0 radical (unpaired) electrons. The average molecular weight is 275 g/mol. The fraction of sp³-hybridized carbons (Fsp3) is 0.333. The Bertz CT molecular complexity index is 675. The van der Waals surface area contributed by atoms with Gasteiger partial charge in [-0.1, -0.05) is 13.3 Å². The van der Waals surface area contributed by atoms with Gasteiger partial charge in [-0.2, -0.15) is 0 Å². The summed E-state index contributed by atoms with van der Waals surface area (Å²) in [5.41, 5.74) is -0.181. The highest BCUT2D eigenvalue weighted by Crippen LogP contribution is 2.20. The molecule has 0 spiro atoms. The lowest BCUT2D eigenvalue weighted by molar-refractivity contribution is 0.0949. The van der Waals surface area contributed by atoms with Crippen LogP contribution in [0.2, 0.25) is 0 Å². The van der Waals surface area contributed by atoms with Crippen molar-refractivity contribution in [2.45, 2.75) is 19.8 Å². The molecule has 0 aliphatic carbocycles. The number of carbonyl (C=O) groups is 1. The van der Waals surface area contributed by atoms with Crippen LogP contribution < -0.4 is 15.7 Å². The fourth-order valence-corrected chi connectivity index (χ4v) is 1.86. The number of benzene rings is 1. The van der Waals surface area contributed by atoms with Gasteiger partial charge < -0.3 is 14.5 Å². The second-order valence-electron chi connectivity index (χ2n) is 4.46. The van der Waals surface area contributed by atoms with Crippen LogP contribution in [-0.4, -0.2) is 19.6 Å². The largest absolute Gasteiger partial charge is 0.497 e. The minimum absolute atomic E-state index is 0.0156. The number of methoxy groups -OCH3 is 1. The summed E-state index contributed by atoms with van der Waals surface area (Å²) in [6, 6.07) is 6.60. The van der Waals surface area contributed by atoms with Crippen molar-refractivity contribution < 1.29 is 13.9 Å². The van der Waals surface area contributed by atoms with Gasteiger partial charge in [-0.25, -0.2) is 4.79 Å². The van der Waals surface area contributed by atoms with Crippen molar-refractivity contribution in [2.24, 2.45) is 0 Å². The van der Waals surface area contributed by atoms with Gasteiger partial charge in [0.2, 0.25) is 0 Å². The molecule has 20 heavy (non-hydrogen) atoms. The lowest BCUT2D eigenvalue weighted by Gasteiger charge is -2.05. The number of fused-ring (bicyclic) bond motifs is 1. The van der Waals surface area contributed by atoms with Crippen LogP contribution in [0, 0.1) is 0 Å². The molecule has 106 valence electrons. The number of hydrogen-bond acceptors (Lipinski definition) is 4. The molecular formula is C15H17NO4. The van der Waals surface area contributed by atoms with E-state index in [9.17, 15) is 9.59 Å². The van der Waals surface area contributed by atoms with E-state index in [1.807, 2.05) is 6.92 Å². The predicted molar refractivity (Wildman–Crippen MR) is 76.3 cm³/mol. The second kappa shape index (κ2) is 6.23. The lowest BCUT2D eigenvalue weighted by Crippen LogP contribution is -2.28. The molecule has 1 aromatic carbocycles. The highest BCUT2D eigenvalue weighted by Gasteiger charge is 2.13. The zero-order valence-corrected chi connectivity index (χ0v) is 11.6. The van der Waals surface area contributed by atoms with Crippen LogP contribution in [0.25, 0.3) is 11.0 Å². The van der Waals surface area contributed by atoms with Gasteiger partial charge in [-0.05, 0) is 30.7 Å². The Balaban J connectivity index is 2.35. The van der Waals surface area contributed by atoms with E-state index in [1.54, 1.807) is 25.3 Å². The molecule has 2 aromatic rings. The minimum Gasteiger partial charge on any atom is -0.497 e. The highest BCUT2D eigenvalue weighted by molar-refractivity contribution is 5.96. The first-order valence-electron chi connectivity index (χ1n) is 6.55. The Labute approximate surface area is 116 Å². The van der Waals surface area contributed by atoms with E-state index in [2.05, 4.69) is 5.32 Å². The molecule has 0 saturated heterocycles. The molecule has 0 saturated carbocycles. The van der Waals surface area contributed by atoms with Crippen LogP contribution in [0.4, 0.5) is 0 Å². The van der Waals surface area contributed by atoms with E-state index in [0.717, 1.165) is 12.8 Å². The fourth-order valence-electron chi connectivity index (χ4n) is 1.86. The number of carbonyl (C=O) groups excluding carboxylic acids is 1. The molecule has 0 aliphatic heterocycles. The van der Waals surface area contributed by atoms with Crippen molar-refractivity contribution in [3.63, 3.8) is 0 Å². The Hall–Kier alpha value is -2.30. The predicted octanol–water partition coefficient (Wildman–Crippen LogP) is 2.33. The second-order valence-corrected chi connectivity index (χ2v) is 4.46. The van der Waals surface area contributed by atoms with Gasteiger partial charge in [0.05, 0.1) is 7.11 Å². The zero-order chi connectivity index (χ0) is 14.5. The SMILES string of the molecule is CCCCNC(=O)c1cc2cc(OC)ccc2oc1=O. The maximum absolute atomic E-state index is 11.9. The van der Waals surface area contributed by atoms with Crippen LogP contribution in [0.5, 0.6) is 5.75 Å². The maximum atomic E-state index is 11.9. The molecule has 5 nitrogen and oxygen atoms in total. The maximum Gasteiger partial charge on any atom is 0.349 e. The molecule has 0 bridgehead atoms. The summed E-state index contributed by atoms with van der Waals surface area (Å²) in [7, 11) is 1.55. The first-order chi connectivity index (χ1) is 9.65. The summed E-state index contributed by atoms with van der Waals surface area (Å²) in [5.74, 6) is 0.237. The molecule has 1 amide bonds. The van der Waals surface area contributed by atoms with E-state index in [4.69, 9.17) is 9.15 Å². The molecule has 1 aromatic heterocycles. The van der Waals surface area contributed by atoms with E-state index in [-0.39, 0.29) is 5.56 Å².